The summed E-state index contributed by atoms with van der Waals surface area (Å²) in [6, 6.07) is 7.70. The number of rotatable bonds is 6. The molecule has 5 nitrogen and oxygen atoms in total. The Morgan fingerprint density at radius 3 is 2.76 bits per heavy atom. The van der Waals surface area contributed by atoms with Crippen LogP contribution in [0.5, 0.6) is 5.75 Å². The first-order chi connectivity index (χ1) is 11.9. The van der Waals surface area contributed by atoms with Gasteiger partial charge in [-0.2, -0.15) is 5.10 Å². The number of hydrogen-bond acceptors (Lipinski definition) is 3. The van der Waals surface area contributed by atoms with Gasteiger partial charge in [0.05, 0.1) is 18.8 Å². The molecule has 1 atom stereocenters. The fourth-order valence-electron chi connectivity index (χ4n) is 2.79. The van der Waals surface area contributed by atoms with Crippen LogP contribution in [0, 0.1) is 6.92 Å². The Morgan fingerprint density at radius 2 is 2.20 bits per heavy atom. The number of ether oxygens (including phenoxy) is 1. The molecule has 25 heavy (non-hydrogen) atoms. The number of benzene rings is 1. The van der Waals surface area contributed by atoms with Gasteiger partial charge < -0.3 is 9.64 Å². The fourth-order valence-corrected chi connectivity index (χ4v) is 3.03. The highest BCUT2D eigenvalue weighted by atomic mass is 35.5. The van der Waals surface area contributed by atoms with Crippen LogP contribution in [0.3, 0.4) is 0 Å². The van der Waals surface area contributed by atoms with Crippen molar-refractivity contribution < 1.29 is 9.53 Å². The minimum absolute atomic E-state index is 0.0669. The zero-order chi connectivity index (χ0) is 18.6. The minimum atomic E-state index is -0.0721. The van der Waals surface area contributed by atoms with E-state index in [1.165, 1.54) is 0 Å². The summed E-state index contributed by atoms with van der Waals surface area (Å²) < 4.78 is 6.87. The van der Waals surface area contributed by atoms with Gasteiger partial charge in [-0.1, -0.05) is 23.7 Å². The largest absolute Gasteiger partial charge is 0.497 e. The zero-order valence-electron chi connectivity index (χ0n) is 15.3. The molecule has 0 saturated heterocycles. The maximum absolute atomic E-state index is 12.7. The molecule has 0 spiro atoms. The average molecular weight is 362 g/mol. The zero-order valence-corrected chi connectivity index (χ0v) is 16.0. The lowest BCUT2D eigenvalue weighted by molar-refractivity contribution is -0.127. The maximum Gasteiger partial charge on any atom is 0.247 e. The Labute approximate surface area is 153 Å². The van der Waals surface area contributed by atoms with Crippen molar-refractivity contribution in [2.45, 2.75) is 26.8 Å². The normalized spacial score (nSPS) is 12.4. The van der Waals surface area contributed by atoms with E-state index in [-0.39, 0.29) is 11.9 Å². The van der Waals surface area contributed by atoms with Crippen molar-refractivity contribution in [1.82, 2.24) is 14.7 Å². The van der Waals surface area contributed by atoms with Crippen molar-refractivity contribution in [2.75, 3.05) is 13.7 Å². The number of nitrogens with zero attached hydrogens (tertiary/aromatic N) is 3. The molecule has 0 aliphatic heterocycles. The number of methoxy groups -OCH3 is 1. The fraction of sp³-hybridized carbons (Fsp3) is 0.368. The van der Waals surface area contributed by atoms with Crippen molar-refractivity contribution in [3.63, 3.8) is 0 Å². The molecule has 0 bridgehead atoms. The maximum atomic E-state index is 12.7. The average Bonchev–Trinajstić information content (AvgIpc) is 2.85. The third kappa shape index (κ3) is 4.23. The van der Waals surface area contributed by atoms with Gasteiger partial charge in [-0.05, 0) is 44.5 Å². The molecule has 0 aliphatic rings. The SMILES string of the molecule is CCN(C(=O)/C=C/c1c(C)nn(C)c1Cl)C(C)c1cccc(OC)c1. The monoisotopic (exact) mass is 361 g/mol. The molecule has 1 unspecified atom stereocenters. The molecule has 1 amide bonds. The predicted molar refractivity (Wildman–Crippen MR) is 101 cm³/mol. The van der Waals surface area contributed by atoms with Crippen LogP contribution in [0.25, 0.3) is 6.08 Å². The molecule has 0 N–H and O–H groups in total. The lowest BCUT2D eigenvalue weighted by Crippen LogP contribution is -2.32. The van der Waals surface area contributed by atoms with Gasteiger partial charge in [0.1, 0.15) is 10.9 Å². The molecule has 134 valence electrons. The van der Waals surface area contributed by atoms with Crippen molar-refractivity contribution in [3.05, 3.63) is 52.3 Å². The highest BCUT2D eigenvalue weighted by Crippen LogP contribution is 2.25. The van der Waals surface area contributed by atoms with E-state index in [9.17, 15) is 4.79 Å². The molecule has 6 heteroatoms. The third-order valence-corrected chi connectivity index (χ3v) is 4.70. The smallest absolute Gasteiger partial charge is 0.247 e. The van der Waals surface area contributed by atoms with Crippen LogP contribution in [0.1, 0.15) is 36.7 Å². The number of hydrogen-bond donors (Lipinski definition) is 0. The van der Waals surface area contributed by atoms with Gasteiger partial charge in [0.2, 0.25) is 5.91 Å². The Balaban J connectivity index is 2.21. The molecular weight excluding hydrogens is 338 g/mol. The molecule has 2 aromatic rings. The number of aryl methyl sites for hydroxylation is 2. The van der Waals surface area contributed by atoms with E-state index < -0.39 is 0 Å². The second kappa shape index (κ2) is 8.21. The first-order valence-electron chi connectivity index (χ1n) is 8.20. The molecule has 2 rings (SSSR count). The third-order valence-electron chi connectivity index (χ3n) is 4.26. The number of aromatic nitrogens is 2. The summed E-state index contributed by atoms with van der Waals surface area (Å²) in [6.45, 7) is 6.44. The van der Waals surface area contributed by atoms with E-state index in [1.807, 2.05) is 45.0 Å². The van der Waals surface area contributed by atoms with Gasteiger partial charge in [-0.25, -0.2) is 0 Å². The van der Waals surface area contributed by atoms with Crippen molar-refractivity contribution in [3.8, 4) is 5.75 Å². The molecule has 1 heterocycles. The Kier molecular flexibility index (Phi) is 6.26. The highest BCUT2D eigenvalue weighted by molar-refractivity contribution is 6.31. The summed E-state index contributed by atoms with van der Waals surface area (Å²) in [4.78, 5) is 14.5. The Hall–Kier alpha value is -2.27. The molecule has 1 aromatic heterocycles. The van der Waals surface area contributed by atoms with E-state index >= 15 is 0 Å². The van der Waals surface area contributed by atoms with E-state index in [0.29, 0.717) is 11.7 Å². The van der Waals surface area contributed by atoms with Crippen LogP contribution < -0.4 is 4.74 Å². The van der Waals surface area contributed by atoms with Crippen LogP contribution in [-0.4, -0.2) is 34.2 Å². The summed E-state index contributed by atoms with van der Waals surface area (Å²) in [5.41, 5.74) is 2.58. The van der Waals surface area contributed by atoms with E-state index in [4.69, 9.17) is 16.3 Å². The number of carbonyl (C=O) groups excluding carboxylic acids is 1. The first-order valence-corrected chi connectivity index (χ1v) is 8.58. The molecular formula is C19H24ClN3O2. The van der Waals surface area contributed by atoms with Gasteiger partial charge in [0.25, 0.3) is 0 Å². The van der Waals surface area contributed by atoms with Crippen molar-refractivity contribution in [2.24, 2.45) is 7.05 Å². The lowest BCUT2D eigenvalue weighted by Gasteiger charge is -2.27. The predicted octanol–water partition coefficient (Wildman–Crippen LogP) is 4.01. The van der Waals surface area contributed by atoms with E-state index in [1.54, 1.807) is 35.9 Å². The van der Waals surface area contributed by atoms with Gasteiger partial charge in [0, 0.05) is 25.2 Å². The van der Waals surface area contributed by atoms with Gasteiger partial charge in [0.15, 0.2) is 0 Å². The number of amides is 1. The summed E-state index contributed by atoms with van der Waals surface area (Å²) in [5.74, 6) is 0.707. The van der Waals surface area contributed by atoms with Gasteiger partial charge >= 0.3 is 0 Å². The quantitative estimate of drug-likeness (QED) is 0.730. The van der Waals surface area contributed by atoms with E-state index in [2.05, 4.69) is 5.10 Å². The molecule has 0 radical (unpaired) electrons. The molecule has 1 aromatic carbocycles. The van der Waals surface area contributed by atoms with Gasteiger partial charge in [-0.3, -0.25) is 9.48 Å². The molecule has 0 saturated carbocycles. The summed E-state index contributed by atoms with van der Waals surface area (Å²) >= 11 is 6.21. The van der Waals surface area contributed by atoms with Crippen LogP contribution in [0.15, 0.2) is 30.3 Å². The number of carbonyl (C=O) groups is 1. The topological polar surface area (TPSA) is 47.4 Å². The van der Waals surface area contributed by atoms with Crippen LogP contribution in [0.4, 0.5) is 0 Å². The lowest BCUT2D eigenvalue weighted by atomic mass is 10.1. The number of halogens is 1. The second-order valence-electron chi connectivity index (χ2n) is 5.82. The van der Waals surface area contributed by atoms with Crippen molar-refractivity contribution in [1.29, 1.82) is 0 Å². The van der Waals surface area contributed by atoms with Crippen LogP contribution in [0.2, 0.25) is 5.15 Å². The van der Waals surface area contributed by atoms with Crippen LogP contribution >= 0.6 is 11.6 Å². The highest BCUT2D eigenvalue weighted by Gasteiger charge is 2.19. The second-order valence-corrected chi connectivity index (χ2v) is 6.18. The van der Waals surface area contributed by atoms with Crippen molar-refractivity contribution >= 4 is 23.6 Å². The molecule has 0 fully saturated rings. The first kappa shape index (κ1) is 19.1. The summed E-state index contributed by atoms with van der Waals surface area (Å²) in [5, 5.41) is 4.77. The Morgan fingerprint density at radius 1 is 1.48 bits per heavy atom. The van der Waals surface area contributed by atoms with Gasteiger partial charge in [-0.15, -0.1) is 0 Å². The minimum Gasteiger partial charge on any atom is -0.497 e. The molecule has 0 aliphatic carbocycles. The van der Waals surface area contributed by atoms with Crippen LogP contribution in [-0.2, 0) is 11.8 Å². The van der Waals surface area contributed by atoms with E-state index in [0.717, 1.165) is 22.6 Å². The standard InChI is InChI=1S/C19H24ClN3O2/c1-6-23(14(3)15-8-7-9-16(12-15)25-5)18(24)11-10-17-13(2)21-22(4)19(17)20/h7-12,14H,6H2,1-5H3/b11-10+. The Bertz CT molecular complexity index is 783. The summed E-state index contributed by atoms with van der Waals surface area (Å²) in [6.07, 6.45) is 3.28. The summed E-state index contributed by atoms with van der Waals surface area (Å²) in [7, 11) is 3.41. The number of likely N-dealkylation sites (N-methyl/N-ethyl adjacent to an activating group) is 1.